The fourth-order valence-electron chi connectivity index (χ4n) is 0.908. The zero-order chi connectivity index (χ0) is 11.6. The normalized spacial score (nSPS) is 11.5. The van der Waals surface area contributed by atoms with Crippen molar-refractivity contribution in [2.24, 2.45) is 0 Å². The first-order valence-electron chi connectivity index (χ1n) is 4.02. The number of nitrogens with zero attached hydrogens (tertiary/aromatic N) is 3. The van der Waals surface area contributed by atoms with Crippen molar-refractivity contribution in [3.8, 4) is 0 Å². The minimum atomic E-state index is -3.56. The van der Waals surface area contributed by atoms with Gasteiger partial charge in [-0.15, -0.1) is 5.10 Å². The lowest BCUT2D eigenvalue weighted by Crippen LogP contribution is -2.14. The van der Waals surface area contributed by atoms with Gasteiger partial charge in [0, 0.05) is 0 Å². The molecule has 0 atom stereocenters. The van der Waals surface area contributed by atoms with Gasteiger partial charge in [-0.25, -0.2) is 13.1 Å². The molecule has 0 amide bonds. The molecule has 0 saturated heterocycles. The van der Waals surface area contributed by atoms with Gasteiger partial charge in [-0.05, 0) is 0 Å². The molecule has 1 rings (SSSR count). The third-order valence-electron chi connectivity index (χ3n) is 1.70. The molecular weight excluding hydrogens is 224 g/mol. The van der Waals surface area contributed by atoms with Gasteiger partial charge in [0.1, 0.15) is 6.54 Å². The predicted molar refractivity (Wildman–Crippen MR) is 49.8 cm³/mol. The quantitative estimate of drug-likeness (QED) is 0.665. The highest BCUT2D eigenvalue weighted by Gasteiger charge is 2.22. The summed E-state index contributed by atoms with van der Waals surface area (Å²) in [5, 5.41) is 14.8. The first-order chi connectivity index (χ1) is 6.88. The number of aliphatic carboxylic acids is 1. The molecule has 84 valence electrons. The fraction of sp³-hybridized carbons (Fsp3) is 0.500. The van der Waals surface area contributed by atoms with Gasteiger partial charge in [-0.2, -0.15) is 0 Å². The molecular formula is C6H10N4O4S. The molecule has 0 bridgehead atoms. The van der Waals surface area contributed by atoms with E-state index in [1.807, 2.05) is 0 Å². The van der Waals surface area contributed by atoms with Gasteiger partial charge in [0.2, 0.25) is 14.9 Å². The molecule has 8 nitrogen and oxygen atoms in total. The average molecular weight is 234 g/mol. The van der Waals surface area contributed by atoms with Gasteiger partial charge >= 0.3 is 5.97 Å². The SMILES string of the molecule is CCS(=O)(=O)c1nnn(CC(=O)O)c1N. The van der Waals surface area contributed by atoms with Crippen molar-refractivity contribution in [2.45, 2.75) is 18.5 Å². The van der Waals surface area contributed by atoms with E-state index in [4.69, 9.17) is 10.8 Å². The summed E-state index contributed by atoms with van der Waals surface area (Å²) in [5.41, 5.74) is 5.41. The highest BCUT2D eigenvalue weighted by Crippen LogP contribution is 2.15. The van der Waals surface area contributed by atoms with Gasteiger partial charge in [-0.1, -0.05) is 12.1 Å². The summed E-state index contributed by atoms with van der Waals surface area (Å²) in [6.07, 6.45) is 0. The van der Waals surface area contributed by atoms with E-state index in [-0.39, 0.29) is 16.6 Å². The first-order valence-corrected chi connectivity index (χ1v) is 5.67. The number of hydrogen-bond donors (Lipinski definition) is 2. The van der Waals surface area contributed by atoms with E-state index in [1.165, 1.54) is 6.92 Å². The third-order valence-corrected chi connectivity index (χ3v) is 3.34. The molecule has 1 aromatic rings. The van der Waals surface area contributed by atoms with E-state index in [0.717, 1.165) is 4.68 Å². The van der Waals surface area contributed by atoms with Crippen LogP contribution in [0.25, 0.3) is 0 Å². The van der Waals surface area contributed by atoms with Gasteiger partial charge in [0.15, 0.2) is 5.82 Å². The van der Waals surface area contributed by atoms with Crippen LogP contribution in [0.2, 0.25) is 0 Å². The second kappa shape index (κ2) is 3.85. The Balaban J connectivity index is 3.15. The Kier molecular flexibility index (Phi) is 2.93. The van der Waals surface area contributed by atoms with Crippen molar-refractivity contribution in [1.82, 2.24) is 15.0 Å². The van der Waals surface area contributed by atoms with Crippen LogP contribution in [0.5, 0.6) is 0 Å². The number of carboxylic acids is 1. The highest BCUT2D eigenvalue weighted by molar-refractivity contribution is 7.91. The number of anilines is 1. The Bertz CT molecular complexity index is 477. The fourth-order valence-corrected chi connectivity index (χ4v) is 1.77. The van der Waals surface area contributed by atoms with E-state index in [1.54, 1.807) is 0 Å². The zero-order valence-electron chi connectivity index (χ0n) is 7.91. The highest BCUT2D eigenvalue weighted by atomic mass is 32.2. The summed E-state index contributed by atoms with van der Waals surface area (Å²) in [6.45, 7) is 0.920. The predicted octanol–water partition coefficient (Wildman–Crippen LogP) is -1.26. The Labute approximate surface area is 85.6 Å². The maximum atomic E-state index is 11.4. The summed E-state index contributed by atoms with van der Waals surface area (Å²) in [7, 11) is -3.56. The monoisotopic (exact) mass is 234 g/mol. The summed E-state index contributed by atoms with van der Waals surface area (Å²) in [4.78, 5) is 10.4. The molecule has 9 heteroatoms. The summed E-state index contributed by atoms with van der Waals surface area (Å²) in [6, 6.07) is 0. The van der Waals surface area contributed by atoms with E-state index < -0.39 is 22.4 Å². The lowest BCUT2D eigenvalue weighted by Gasteiger charge is -1.99. The second-order valence-electron chi connectivity index (χ2n) is 2.73. The molecule has 1 aromatic heterocycles. The van der Waals surface area contributed by atoms with Crippen molar-refractivity contribution in [2.75, 3.05) is 11.5 Å². The Hall–Kier alpha value is -1.64. The Morgan fingerprint density at radius 1 is 1.60 bits per heavy atom. The number of hydrogen-bond acceptors (Lipinski definition) is 6. The van der Waals surface area contributed by atoms with Crippen LogP contribution in [0, 0.1) is 0 Å². The molecule has 1 heterocycles. The van der Waals surface area contributed by atoms with Gasteiger partial charge in [0.25, 0.3) is 0 Å². The van der Waals surface area contributed by atoms with Crippen molar-refractivity contribution < 1.29 is 18.3 Å². The largest absolute Gasteiger partial charge is 0.480 e. The maximum absolute atomic E-state index is 11.4. The molecule has 0 unspecified atom stereocenters. The van der Waals surface area contributed by atoms with Crippen LogP contribution >= 0.6 is 0 Å². The van der Waals surface area contributed by atoms with E-state index in [2.05, 4.69) is 10.3 Å². The van der Waals surface area contributed by atoms with E-state index in [9.17, 15) is 13.2 Å². The van der Waals surface area contributed by atoms with Crippen molar-refractivity contribution >= 4 is 21.6 Å². The molecule has 0 aromatic carbocycles. The van der Waals surface area contributed by atoms with Crippen LogP contribution in [0.4, 0.5) is 5.82 Å². The van der Waals surface area contributed by atoms with Gasteiger partial charge < -0.3 is 10.8 Å². The van der Waals surface area contributed by atoms with Crippen LogP contribution in [0.3, 0.4) is 0 Å². The Morgan fingerprint density at radius 2 is 2.20 bits per heavy atom. The third kappa shape index (κ3) is 2.24. The molecule has 3 N–H and O–H groups in total. The molecule has 0 saturated carbocycles. The van der Waals surface area contributed by atoms with Crippen LogP contribution in [-0.2, 0) is 21.2 Å². The van der Waals surface area contributed by atoms with Crippen LogP contribution in [0.1, 0.15) is 6.92 Å². The van der Waals surface area contributed by atoms with Crippen LogP contribution in [0.15, 0.2) is 5.03 Å². The number of rotatable bonds is 4. The van der Waals surface area contributed by atoms with Gasteiger partial charge in [-0.3, -0.25) is 4.79 Å². The van der Waals surface area contributed by atoms with Crippen molar-refractivity contribution in [3.05, 3.63) is 0 Å². The standard InChI is InChI=1S/C6H10N4O4S/c1-2-15(13,14)6-5(7)10(9-8-6)3-4(11)12/h2-3,7H2,1H3,(H,11,12). The number of nitrogen functional groups attached to an aromatic ring is 1. The van der Waals surface area contributed by atoms with Crippen LogP contribution < -0.4 is 5.73 Å². The van der Waals surface area contributed by atoms with E-state index >= 15 is 0 Å². The molecule has 0 spiro atoms. The smallest absolute Gasteiger partial charge is 0.325 e. The molecule has 0 aliphatic heterocycles. The molecule has 0 aliphatic carbocycles. The van der Waals surface area contributed by atoms with Crippen molar-refractivity contribution in [3.63, 3.8) is 0 Å². The second-order valence-corrected chi connectivity index (χ2v) is 4.93. The average Bonchev–Trinajstić information content (AvgIpc) is 2.48. The Morgan fingerprint density at radius 3 is 2.67 bits per heavy atom. The zero-order valence-corrected chi connectivity index (χ0v) is 8.73. The van der Waals surface area contributed by atoms with Gasteiger partial charge in [0.05, 0.1) is 5.75 Å². The summed E-state index contributed by atoms with van der Waals surface area (Å²) >= 11 is 0. The molecule has 0 radical (unpaired) electrons. The molecule has 15 heavy (non-hydrogen) atoms. The molecule has 0 fully saturated rings. The summed E-state index contributed by atoms with van der Waals surface area (Å²) < 4.78 is 23.6. The van der Waals surface area contributed by atoms with E-state index in [0.29, 0.717) is 0 Å². The minimum absolute atomic E-state index is 0.164. The number of nitrogens with two attached hydrogens (primary N) is 1. The number of aromatic nitrogens is 3. The first kappa shape index (κ1) is 11.4. The maximum Gasteiger partial charge on any atom is 0.325 e. The lowest BCUT2D eigenvalue weighted by atomic mass is 10.6. The van der Waals surface area contributed by atoms with Crippen molar-refractivity contribution in [1.29, 1.82) is 0 Å². The number of carboxylic acid groups (broad SMARTS) is 1. The summed E-state index contributed by atoms with van der Waals surface area (Å²) in [5.74, 6) is -1.59. The topological polar surface area (TPSA) is 128 Å². The number of carbonyl (C=O) groups is 1. The lowest BCUT2D eigenvalue weighted by molar-refractivity contribution is -0.137. The number of sulfone groups is 1. The van der Waals surface area contributed by atoms with Crippen LogP contribution in [-0.4, -0.2) is 40.2 Å². The minimum Gasteiger partial charge on any atom is -0.480 e. The molecule has 0 aliphatic rings.